The highest BCUT2D eigenvalue weighted by molar-refractivity contribution is 4.59. The van der Waals surface area contributed by atoms with E-state index in [0.29, 0.717) is 0 Å². The maximum absolute atomic E-state index is 11.6. The number of alkyl halides is 3. The molecule has 0 aromatic carbocycles. The second-order valence-corrected chi connectivity index (χ2v) is 2.33. The monoisotopic (exact) mass is 156 g/mol. The van der Waals surface area contributed by atoms with Gasteiger partial charge in [0.1, 0.15) is 0 Å². The molecule has 0 heterocycles. The van der Waals surface area contributed by atoms with Gasteiger partial charge < -0.3 is 0 Å². The van der Waals surface area contributed by atoms with E-state index in [4.69, 9.17) is 5.84 Å². The number of nitrogens with one attached hydrogen (secondary N) is 1. The maximum Gasteiger partial charge on any atom is 0.389 e. The van der Waals surface area contributed by atoms with Crippen molar-refractivity contribution in [2.24, 2.45) is 11.8 Å². The van der Waals surface area contributed by atoms with Crippen molar-refractivity contribution in [1.29, 1.82) is 0 Å². The number of hydrazine groups is 1. The largest absolute Gasteiger partial charge is 0.389 e. The van der Waals surface area contributed by atoms with Gasteiger partial charge in [-0.25, -0.2) is 0 Å². The summed E-state index contributed by atoms with van der Waals surface area (Å²) in [6.45, 7) is 1.69. The second kappa shape index (κ2) is 3.78. The zero-order chi connectivity index (χ0) is 8.20. The fraction of sp³-hybridized carbons (Fsp3) is 1.00. The molecule has 0 bridgehead atoms. The molecule has 0 amide bonds. The lowest BCUT2D eigenvalue weighted by molar-refractivity contribution is -0.142. The molecular weight excluding hydrogens is 145 g/mol. The lowest BCUT2D eigenvalue weighted by atomic mass is 10.1. The average molecular weight is 156 g/mol. The Labute approximate surface area is 57.6 Å². The molecule has 2 nitrogen and oxygen atoms in total. The molecule has 0 aromatic heterocycles. The Bertz CT molecular complexity index is 91.4. The van der Waals surface area contributed by atoms with E-state index in [1.165, 1.54) is 6.92 Å². The highest BCUT2D eigenvalue weighted by atomic mass is 19.4. The van der Waals surface area contributed by atoms with Crippen LogP contribution in [0.15, 0.2) is 0 Å². The third-order valence-corrected chi connectivity index (χ3v) is 1.05. The SMILES string of the molecule is CC(CNN)CC(F)(F)F. The number of halogens is 3. The molecule has 10 heavy (non-hydrogen) atoms. The van der Waals surface area contributed by atoms with Crippen molar-refractivity contribution in [3.63, 3.8) is 0 Å². The summed E-state index contributed by atoms with van der Waals surface area (Å²) in [5, 5.41) is 0. The molecule has 0 aromatic rings. The molecular formula is C5H11F3N2. The highest BCUT2D eigenvalue weighted by Crippen LogP contribution is 2.23. The molecule has 0 saturated carbocycles. The Kier molecular flexibility index (Phi) is 3.67. The first-order chi connectivity index (χ1) is 4.45. The van der Waals surface area contributed by atoms with Crippen LogP contribution in [0.2, 0.25) is 0 Å². The summed E-state index contributed by atoms with van der Waals surface area (Å²) >= 11 is 0. The van der Waals surface area contributed by atoms with E-state index in [9.17, 15) is 13.2 Å². The lowest BCUT2D eigenvalue weighted by Crippen LogP contribution is -2.29. The minimum absolute atomic E-state index is 0.194. The topological polar surface area (TPSA) is 38.0 Å². The minimum atomic E-state index is -4.07. The molecule has 0 radical (unpaired) electrons. The summed E-state index contributed by atoms with van der Waals surface area (Å²) in [6.07, 6.45) is -4.85. The van der Waals surface area contributed by atoms with Crippen molar-refractivity contribution < 1.29 is 13.2 Å². The fourth-order valence-electron chi connectivity index (χ4n) is 0.668. The van der Waals surface area contributed by atoms with Crippen LogP contribution >= 0.6 is 0 Å². The first kappa shape index (κ1) is 9.71. The molecule has 5 heteroatoms. The molecule has 0 aliphatic carbocycles. The van der Waals surface area contributed by atoms with Crippen LogP contribution in [-0.4, -0.2) is 12.7 Å². The fourth-order valence-corrected chi connectivity index (χ4v) is 0.668. The summed E-state index contributed by atoms with van der Waals surface area (Å²) in [5.41, 5.74) is 2.19. The second-order valence-electron chi connectivity index (χ2n) is 2.33. The smallest absolute Gasteiger partial charge is 0.271 e. The van der Waals surface area contributed by atoms with E-state index in [1.807, 2.05) is 0 Å². The lowest BCUT2D eigenvalue weighted by Gasteiger charge is -2.12. The van der Waals surface area contributed by atoms with Crippen LogP contribution in [0.5, 0.6) is 0 Å². The molecule has 0 aliphatic heterocycles. The summed E-state index contributed by atoms with van der Waals surface area (Å²) < 4.78 is 34.7. The third kappa shape index (κ3) is 5.84. The van der Waals surface area contributed by atoms with E-state index in [-0.39, 0.29) is 6.54 Å². The average Bonchev–Trinajstić information content (AvgIpc) is 1.59. The Morgan fingerprint density at radius 1 is 1.50 bits per heavy atom. The van der Waals surface area contributed by atoms with Gasteiger partial charge in [0, 0.05) is 13.0 Å². The van der Waals surface area contributed by atoms with E-state index in [0.717, 1.165) is 0 Å². The molecule has 1 atom stereocenters. The van der Waals surface area contributed by atoms with Crippen LogP contribution in [0.4, 0.5) is 13.2 Å². The van der Waals surface area contributed by atoms with Crippen molar-refractivity contribution in [1.82, 2.24) is 5.43 Å². The zero-order valence-electron chi connectivity index (χ0n) is 5.70. The molecule has 62 valence electrons. The van der Waals surface area contributed by atoms with Crippen LogP contribution in [-0.2, 0) is 0 Å². The number of nitrogens with two attached hydrogens (primary N) is 1. The Morgan fingerprint density at radius 2 is 2.00 bits per heavy atom. The molecule has 0 saturated heterocycles. The van der Waals surface area contributed by atoms with Crippen LogP contribution < -0.4 is 11.3 Å². The van der Waals surface area contributed by atoms with Gasteiger partial charge in [-0.2, -0.15) is 13.2 Å². The van der Waals surface area contributed by atoms with Gasteiger partial charge in [-0.3, -0.25) is 11.3 Å². The zero-order valence-corrected chi connectivity index (χ0v) is 5.70. The normalized spacial score (nSPS) is 15.3. The predicted octanol–water partition coefficient (Wildman–Crippen LogP) is 1.04. The van der Waals surface area contributed by atoms with Crippen LogP contribution in [0.3, 0.4) is 0 Å². The Hall–Kier alpha value is -0.290. The Morgan fingerprint density at radius 3 is 2.30 bits per heavy atom. The van der Waals surface area contributed by atoms with E-state index in [2.05, 4.69) is 5.43 Å². The summed E-state index contributed by atoms with van der Waals surface area (Å²) in [4.78, 5) is 0. The number of hydrogen-bond acceptors (Lipinski definition) is 2. The van der Waals surface area contributed by atoms with Gasteiger partial charge in [0.05, 0.1) is 0 Å². The van der Waals surface area contributed by atoms with Gasteiger partial charge in [-0.1, -0.05) is 6.92 Å². The summed E-state index contributed by atoms with van der Waals surface area (Å²) in [7, 11) is 0. The minimum Gasteiger partial charge on any atom is -0.271 e. The van der Waals surface area contributed by atoms with Crippen LogP contribution in [0.25, 0.3) is 0 Å². The van der Waals surface area contributed by atoms with Gasteiger partial charge in [0.25, 0.3) is 0 Å². The predicted molar refractivity (Wildman–Crippen MR) is 32.0 cm³/mol. The van der Waals surface area contributed by atoms with Crippen LogP contribution in [0, 0.1) is 5.92 Å². The van der Waals surface area contributed by atoms with Gasteiger partial charge in [0.15, 0.2) is 0 Å². The van der Waals surface area contributed by atoms with Crippen molar-refractivity contribution in [3.8, 4) is 0 Å². The van der Waals surface area contributed by atoms with Crippen molar-refractivity contribution in [2.45, 2.75) is 19.5 Å². The standard InChI is InChI=1S/C5H11F3N2/c1-4(3-10-9)2-5(6,7)8/h4,10H,2-3,9H2,1H3. The number of rotatable bonds is 3. The van der Waals surface area contributed by atoms with Crippen molar-refractivity contribution in [2.75, 3.05) is 6.54 Å². The van der Waals surface area contributed by atoms with Crippen molar-refractivity contribution >= 4 is 0 Å². The van der Waals surface area contributed by atoms with E-state index in [1.54, 1.807) is 0 Å². The molecule has 1 unspecified atom stereocenters. The van der Waals surface area contributed by atoms with Gasteiger partial charge in [-0.05, 0) is 5.92 Å². The highest BCUT2D eigenvalue weighted by Gasteiger charge is 2.29. The quantitative estimate of drug-likeness (QED) is 0.473. The van der Waals surface area contributed by atoms with E-state index < -0.39 is 18.5 Å². The molecule has 3 N–H and O–H groups in total. The molecule has 0 spiro atoms. The molecule has 0 rings (SSSR count). The van der Waals surface area contributed by atoms with E-state index >= 15 is 0 Å². The molecule has 0 fully saturated rings. The van der Waals surface area contributed by atoms with Gasteiger partial charge in [-0.15, -0.1) is 0 Å². The third-order valence-electron chi connectivity index (χ3n) is 1.05. The first-order valence-electron chi connectivity index (χ1n) is 2.96. The summed E-state index contributed by atoms with van der Waals surface area (Å²) in [6, 6.07) is 0. The first-order valence-corrected chi connectivity index (χ1v) is 2.96. The number of hydrogen-bond donors (Lipinski definition) is 2. The summed E-state index contributed by atoms with van der Waals surface area (Å²) in [5.74, 6) is 4.38. The van der Waals surface area contributed by atoms with Crippen LogP contribution in [0.1, 0.15) is 13.3 Å². The van der Waals surface area contributed by atoms with Gasteiger partial charge >= 0.3 is 6.18 Å². The van der Waals surface area contributed by atoms with Crippen molar-refractivity contribution in [3.05, 3.63) is 0 Å². The molecule has 0 aliphatic rings. The Balaban J connectivity index is 3.47. The maximum atomic E-state index is 11.6. The van der Waals surface area contributed by atoms with Gasteiger partial charge in [0.2, 0.25) is 0 Å².